The van der Waals surface area contributed by atoms with E-state index >= 15 is 0 Å². The third-order valence-corrected chi connectivity index (χ3v) is 3.72. The summed E-state index contributed by atoms with van der Waals surface area (Å²) in [6, 6.07) is 8.00. The Labute approximate surface area is 119 Å². The van der Waals surface area contributed by atoms with Crippen LogP contribution in [0.4, 0.5) is 0 Å². The van der Waals surface area contributed by atoms with Crippen LogP contribution in [0.3, 0.4) is 0 Å². The van der Waals surface area contributed by atoms with Gasteiger partial charge in [0.15, 0.2) is 0 Å². The highest BCUT2D eigenvalue weighted by atomic mass is 16.2. The second kappa shape index (κ2) is 5.63. The molecule has 2 rings (SSSR count). The largest absolute Gasteiger partial charge is 0.353 e. The van der Waals surface area contributed by atoms with E-state index < -0.39 is 5.54 Å². The topological polar surface area (TPSA) is 72.9 Å². The minimum atomic E-state index is -0.800. The van der Waals surface area contributed by atoms with Crippen LogP contribution in [0, 0.1) is 6.92 Å². The molecule has 2 aromatic rings. The van der Waals surface area contributed by atoms with Crippen molar-refractivity contribution in [2.75, 3.05) is 6.54 Å². The highest BCUT2D eigenvalue weighted by Gasteiger charge is 2.25. The summed E-state index contributed by atoms with van der Waals surface area (Å²) in [5, 5.41) is 2.89. The first-order valence-corrected chi connectivity index (χ1v) is 6.95. The lowest BCUT2D eigenvalue weighted by atomic mass is 10.00. The van der Waals surface area contributed by atoms with Crippen molar-refractivity contribution in [3.05, 3.63) is 30.1 Å². The molecule has 1 atom stereocenters. The maximum atomic E-state index is 11.9. The predicted octanol–water partition coefficient (Wildman–Crippen LogP) is 1.59. The number of carbonyl (C=O) groups is 1. The van der Waals surface area contributed by atoms with E-state index in [1.165, 1.54) is 0 Å². The van der Waals surface area contributed by atoms with E-state index in [2.05, 4.69) is 14.9 Å². The van der Waals surface area contributed by atoms with Crippen molar-refractivity contribution in [3.63, 3.8) is 0 Å². The Balaban J connectivity index is 2.03. The zero-order valence-electron chi connectivity index (χ0n) is 12.3. The van der Waals surface area contributed by atoms with E-state index in [-0.39, 0.29) is 5.91 Å². The van der Waals surface area contributed by atoms with Crippen molar-refractivity contribution in [1.29, 1.82) is 0 Å². The molecule has 1 unspecified atom stereocenters. The Morgan fingerprint density at radius 2 is 2.15 bits per heavy atom. The second-order valence-corrected chi connectivity index (χ2v) is 5.33. The van der Waals surface area contributed by atoms with E-state index in [9.17, 15) is 4.79 Å². The quantitative estimate of drug-likeness (QED) is 0.869. The van der Waals surface area contributed by atoms with E-state index in [1.54, 1.807) is 6.92 Å². The van der Waals surface area contributed by atoms with E-state index in [1.807, 2.05) is 38.1 Å². The number of carbonyl (C=O) groups excluding carboxylic acids is 1. The van der Waals surface area contributed by atoms with Gasteiger partial charge in [-0.3, -0.25) is 4.79 Å². The predicted molar refractivity (Wildman–Crippen MR) is 80.4 cm³/mol. The molecule has 0 saturated carbocycles. The van der Waals surface area contributed by atoms with Gasteiger partial charge < -0.3 is 15.6 Å². The van der Waals surface area contributed by atoms with Gasteiger partial charge >= 0.3 is 0 Å². The molecule has 1 heterocycles. The standard InChI is InChI=1S/C15H22N4O/c1-4-15(3,16)14(20)17-9-10-19-11(2)18-12-7-5-6-8-13(12)19/h5-8H,4,9-10,16H2,1-3H3,(H,17,20). The van der Waals surface area contributed by atoms with E-state index in [4.69, 9.17) is 5.73 Å². The summed E-state index contributed by atoms with van der Waals surface area (Å²) in [7, 11) is 0. The molecule has 0 aliphatic rings. The number of rotatable bonds is 5. The monoisotopic (exact) mass is 274 g/mol. The summed E-state index contributed by atoms with van der Waals surface area (Å²) in [6.07, 6.45) is 0.617. The van der Waals surface area contributed by atoms with Gasteiger partial charge in [-0.05, 0) is 32.4 Å². The molecule has 0 bridgehead atoms. The van der Waals surface area contributed by atoms with Crippen LogP contribution in [0.25, 0.3) is 11.0 Å². The fourth-order valence-electron chi connectivity index (χ4n) is 2.12. The van der Waals surface area contributed by atoms with Crippen LogP contribution in [-0.2, 0) is 11.3 Å². The molecule has 20 heavy (non-hydrogen) atoms. The normalized spacial score (nSPS) is 14.2. The number of nitrogens with one attached hydrogen (secondary N) is 1. The molecule has 1 aromatic heterocycles. The van der Waals surface area contributed by atoms with Gasteiger partial charge in [0.1, 0.15) is 5.82 Å². The first-order chi connectivity index (χ1) is 9.45. The van der Waals surface area contributed by atoms with E-state index in [0.29, 0.717) is 19.5 Å². The van der Waals surface area contributed by atoms with Crippen molar-refractivity contribution < 1.29 is 4.79 Å². The number of benzene rings is 1. The molecule has 1 amide bonds. The summed E-state index contributed by atoms with van der Waals surface area (Å²) in [5.41, 5.74) is 7.18. The molecule has 108 valence electrons. The van der Waals surface area contributed by atoms with Crippen LogP contribution in [0.5, 0.6) is 0 Å². The summed E-state index contributed by atoms with van der Waals surface area (Å²) in [4.78, 5) is 16.4. The summed E-state index contributed by atoms with van der Waals surface area (Å²) in [6.45, 7) is 6.87. The zero-order chi connectivity index (χ0) is 14.8. The molecule has 0 saturated heterocycles. The number of fused-ring (bicyclic) bond motifs is 1. The minimum absolute atomic E-state index is 0.109. The van der Waals surface area contributed by atoms with Gasteiger partial charge in [0.05, 0.1) is 16.6 Å². The Bertz CT molecular complexity index is 615. The first-order valence-electron chi connectivity index (χ1n) is 6.95. The molecule has 3 N–H and O–H groups in total. The van der Waals surface area contributed by atoms with Gasteiger partial charge in [-0.2, -0.15) is 0 Å². The van der Waals surface area contributed by atoms with Crippen molar-refractivity contribution >= 4 is 16.9 Å². The Kier molecular flexibility index (Phi) is 4.09. The minimum Gasteiger partial charge on any atom is -0.353 e. The summed E-state index contributed by atoms with van der Waals surface area (Å²) in [5.74, 6) is 0.841. The molecule has 0 aliphatic heterocycles. The van der Waals surface area contributed by atoms with Crippen LogP contribution in [-0.4, -0.2) is 27.5 Å². The average Bonchev–Trinajstić information content (AvgIpc) is 2.75. The molecule has 0 aliphatic carbocycles. The lowest BCUT2D eigenvalue weighted by Crippen LogP contribution is -2.51. The lowest BCUT2D eigenvalue weighted by molar-refractivity contribution is -0.125. The van der Waals surface area contributed by atoms with Crippen LogP contribution < -0.4 is 11.1 Å². The molecular formula is C15H22N4O. The Hall–Kier alpha value is -1.88. The average molecular weight is 274 g/mol. The fraction of sp³-hybridized carbons (Fsp3) is 0.467. The van der Waals surface area contributed by atoms with Gasteiger partial charge in [0, 0.05) is 13.1 Å². The maximum absolute atomic E-state index is 11.9. The number of hydrogen-bond acceptors (Lipinski definition) is 3. The smallest absolute Gasteiger partial charge is 0.239 e. The molecule has 0 fully saturated rings. The zero-order valence-corrected chi connectivity index (χ0v) is 12.3. The third kappa shape index (κ3) is 2.82. The maximum Gasteiger partial charge on any atom is 0.239 e. The highest BCUT2D eigenvalue weighted by Crippen LogP contribution is 2.14. The number of imidazole rings is 1. The van der Waals surface area contributed by atoms with Crippen LogP contribution in [0.1, 0.15) is 26.1 Å². The van der Waals surface area contributed by atoms with Crippen molar-refractivity contribution in [2.45, 2.75) is 39.3 Å². The third-order valence-electron chi connectivity index (χ3n) is 3.72. The Morgan fingerprint density at radius 1 is 1.45 bits per heavy atom. The van der Waals surface area contributed by atoms with Gasteiger partial charge in [-0.15, -0.1) is 0 Å². The number of hydrogen-bond donors (Lipinski definition) is 2. The molecule has 1 aromatic carbocycles. The number of nitrogens with two attached hydrogens (primary N) is 1. The van der Waals surface area contributed by atoms with Crippen molar-refractivity contribution in [1.82, 2.24) is 14.9 Å². The van der Waals surface area contributed by atoms with Gasteiger partial charge in [-0.25, -0.2) is 4.98 Å². The SMILES string of the molecule is CCC(C)(N)C(=O)NCCn1c(C)nc2ccccc21. The molecule has 5 heteroatoms. The molecule has 0 radical (unpaired) electrons. The molecular weight excluding hydrogens is 252 g/mol. The number of aryl methyl sites for hydroxylation is 1. The van der Waals surface area contributed by atoms with Gasteiger partial charge in [0.2, 0.25) is 5.91 Å². The molecule has 5 nitrogen and oxygen atoms in total. The lowest BCUT2D eigenvalue weighted by Gasteiger charge is -2.21. The Morgan fingerprint density at radius 3 is 2.85 bits per heavy atom. The van der Waals surface area contributed by atoms with Crippen LogP contribution in [0.2, 0.25) is 0 Å². The first kappa shape index (κ1) is 14.5. The fourth-order valence-corrected chi connectivity index (χ4v) is 2.12. The highest BCUT2D eigenvalue weighted by molar-refractivity contribution is 5.85. The van der Waals surface area contributed by atoms with Crippen molar-refractivity contribution in [2.24, 2.45) is 5.73 Å². The number of amides is 1. The summed E-state index contributed by atoms with van der Waals surface area (Å²) < 4.78 is 2.11. The van der Waals surface area contributed by atoms with Crippen molar-refractivity contribution in [3.8, 4) is 0 Å². The number of nitrogens with zero attached hydrogens (tertiary/aromatic N) is 2. The van der Waals surface area contributed by atoms with Crippen LogP contribution in [0.15, 0.2) is 24.3 Å². The van der Waals surface area contributed by atoms with Gasteiger partial charge in [-0.1, -0.05) is 19.1 Å². The number of para-hydroxylation sites is 2. The summed E-state index contributed by atoms with van der Waals surface area (Å²) >= 11 is 0. The van der Waals surface area contributed by atoms with Crippen LogP contribution >= 0.6 is 0 Å². The second-order valence-electron chi connectivity index (χ2n) is 5.33. The number of aromatic nitrogens is 2. The molecule has 0 spiro atoms. The van der Waals surface area contributed by atoms with E-state index in [0.717, 1.165) is 16.9 Å². The van der Waals surface area contributed by atoms with Gasteiger partial charge in [0.25, 0.3) is 0 Å².